The summed E-state index contributed by atoms with van der Waals surface area (Å²) in [6.45, 7) is 4.35. The van der Waals surface area contributed by atoms with E-state index in [1.54, 1.807) is 19.9 Å². The summed E-state index contributed by atoms with van der Waals surface area (Å²) in [7, 11) is 0. The molecule has 2 rings (SSSR count). The minimum atomic E-state index is -4.76. The number of carbonyl (C=O) groups is 2. The lowest BCUT2D eigenvalue weighted by molar-refractivity contribution is -0.178. The normalized spacial score (nSPS) is 14.6. The van der Waals surface area contributed by atoms with Crippen molar-refractivity contribution in [2.45, 2.75) is 51.9 Å². The molecular weight excluding hydrogens is 512 g/mol. The monoisotopic (exact) mass is 537 g/mol. The summed E-state index contributed by atoms with van der Waals surface area (Å²) < 4.78 is 83.7. The van der Waals surface area contributed by atoms with E-state index in [0.29, 0.717) is 5.56 Å². The van der Waals surface area contributed by atoms with Crippen LogP contribution in [0.25, 0.3) is 0 Å². The second-order valence-corrected chi connectivity index (χ2v) is 8.91. The Morgan fingerprint density at radius 3 is 2.08 bits per heavy atom. The van der Waals surface area contributed by atoms with Crippen molar-refractivity contribution in [2.24, 2.45) is 11.8 Å². The first-order valence-corrected chi connectivity index (χ1v) is 11.5. The Balaban J connectivity index is 2.33. The summed E-state index contributed by atoms with van der Waals surface area (Å²) in [5.74, 6) is -5.85. The van der Waals surface area contributed by atoms with E-state index in [2.05, 4.69) is 5.32 Å². The molecule has 0 radical (unpaired) electrons. The van der Waals surface area contributed by atoms with Gasteiger partial charge < -0.3 is 10.1 Å². The number of hydrogen-bond donors (Lipinski definition) is 1. The van der Waals surface area contributed by atoms with Gasteiger partial charge in [0.2, 0.25) is 5.91 Å². The first kappa shape index (κ1) is 29.5. The van der Waals surface area contributed by atoms with Gasteiger partial charge in [-0.1, -0.05) is 55.8 Å². The van der Waals surface area contributed by atoms with Crippen LogP contribution in [0.2, 0.25) is 5.02 Å². The third-order valence-electron chi connectivity index (χ3n) is 5.56. The SMILES string of the molecule is CCOC(=O)[C@@H](C)Cc1ccc(Cl)c(NC(=O)C(c2ccc(CC(F)(F)F)cc2)C(C)C(F)(F)F)c1. The number of hydrogen-bond acceptors (Lipinski definition) is 3. The quantitative estimate of drug-likeness (QED) is 0.274. The molecular formula is C25H26ClF6NO3. The van der Waals surface area contributed by atoms with Crippen LogP contribution >= 0.6 is 11.6 Å². The van der Waals surface area contributed by atoms with Gasteiger partial charge in [0.25, 0.3) is 0 Å². The number of carbonyl (C=O) groups excluding carboxylic acids is 2. The van der Waals surface area contributed by atoms with Crippen molar-refractivity contribution in [3.8, 4) is 0 Å². The van der Waals surface area contributed by atoms with Gasteiger partial charge in [-0.3, -0.25) is 9.59 Å². The fraction of sp³-hybridized carbons (Fsp3) is 0.440. The molecule has 11 heteroatoms. The molecule has 0 aliphatic heterocycles. The third-order valence-corrected chi connectivity index (χ3v) is 5.89. The zero-order valence-corrected chi connectivity index (χ0v) is 20.5. The molecule has 2 aromatic carbocycles. The maximum absolute atomic E-state index is 13.6. The molecule has 4 nitrogen and oxygen atoms in total. The zero-order chi connectivity index (χ0) is 27.3. The highest BCUT2D eigenvalue weighted by Gasteiger charge is 2.45. The molecule has 0 aromatic heterocycles. The molecule has 0 spiro atoms. The summed E-state index contributed by atoms with van der Waals surface area (Å²) in [4.78, 5) is 25.0. The molecule has 0 saturated carbocycles. The van der Waals surface area contributed by atoms with Crippen molar-refractivity contribution in [3.05, 3.63) is 64.2 Å². The van der Waals surface area contributed by atoms with E-state index in [-0.39, 0.29) is 34.9 Å². The molecule has 1 N–H and O–H groups in total. The van der Waals surface area contributed by atoms with Crippen molar-refractivity contribution in [2.75, 3.05) is 11.9 Å². The number of ether oxygens (including phenoxy) is 1. The Morgan fingerprint density at radius 2 is 1.56 bits per heavy atom. The maximum atomic E-state index is 13.6. The molecule has 2 aromatic rings. The lowest BCUT2D eigenvalue weighted by Gasteiger charge is -2.26. The highest BCUT2D eigenvalue weighted by Crippen LogP contribution is 2.39. The minimum Gasteiger partial charge on any atom is -0.466 e. The summed E-state index contributed by atoms with van der Waals surface area (Å²) in [5.41, 5.74) is 0.401. The Labute approximate surface area is 210 Å². The topological polar surface area (TPSA) is 55.4 Å². The predicted molar refractivity (Wildman–Crippen MR) is 124 cm³/mol. The van der Waals surface area contributed by atoms with E-state index < -0.39 is 48.4 Å². The number of rotatable bonds is 9. The molecule has 1 amide bonds. The fourth-order valence-electron chi connectivity index (χ4n) is 3.66. The average molecular weight is 538 g/mol. The number of esters is 1. The highest BCUT2D eigenvalue weighted by atomic mass is 35.5. The number of alkyl halides is 6. The van der Waals surface area contributed by atoms with Gasteiger partial charge in [-0.05, 0) is 42.2 Å². The van der Waals surface area contributed by atoms with Crippen LogP contribution in [0.1, 0.15) is 43.4 Å². The van der Waals surface area contributed by atoms with Crippen LogP contribution in [0.15, 0.2) is 42.5 Å². The summed E-state index contributed by atoms with van der Waals surface area (Å²) in [5, 5.41) is 2.48. The molecule has 0 bridgehead atoms. The Hall–Kier alpha value is -2.75. The smallest absolute Gasteiger partial charge is 0.393 e. The van der Waals surface area contributed by atoms with Gasteiger partial charge in [-0.15, -0.1) is 0 Å². The number of anilines is 1. The van der Waals surface area contributed by atoms with Gasteiger partial charge in [0, 0.05) is 0 Å². The molecule has 0 fully saturated rings. The van der Waals surface area contributed by atoms with Gasteiger partial charge in [0.1, 0.15) is 0 Å². The summed E-state index contributed by atoms with van der Waals surface area (Å²) >= 11 is 6.16. The largest absolute Gasteiger partial charge is 0.466 e. The number of halogens is 7. The van der Waals surface area contributed by atoms with Gasteiger partial charge in [0.15, 0.2) is 0 Å². The average Bonchev–Trinajstić information content (AvgIpc) is 2.75. The lowest BCUT2D eigenvalue weighted by atomic mass is 9.85. The molecule has 0 aliphatic carbocycles. The van der Waals surface area contributed by atoms with E-state index in [1.165, 1.54) is 12.1 Å². The van der Waals surface area contributed by atoms with Gasteiger partial charge in [-0.25, -0.2) is 0 Å². The minimum absolute atomic E-state index is 0.0447. The molecule has 198 valence electrons. The predicted octanol–water partition coefficient (Wildman–Crippen LogP) is 7.11. The van der Waals surface area contributed by atoms with Crippen LogP contribution in [0.4, 0.5) is 32.0 Å². The molecule has 0 saturated heterocycles. The van der Waals surface area contributed by atoms with E-state index in [9.17, 15) is 35.9 Å². The maximum Gasteiger partial charge on any atom is 0.393 e. The van der Waals surface area contributed by atoms with Crippen LogP contribution in [0.5, 0.6) is 0 Å². The van der Waals surface area contributed by atoms with E-state index in [0.717, 1.165) is 31.2 Å². The summed E-state index contributed by atoms with van der Waals surface area (Å²) in [6, 6.07) is 8.80. The van der Waals surface area contributed by atoms with Gasteiger partial charge in [-0.2, -0.15) is 26.3 Å². The van der Waals surface area contributed by atoms with Crippen LogP contribution in [0, 0.1) is 11.8 Å². The summed E-state index contributed by atoms with van der Waals surface area (Å²) in [6.07, 6.45) is -10.2. The van der Waals surface area contributed by atoms with E-state index in [1.807, 2.05) is 0 Å². The Morgan fingerprint density at radius 1 is 0.972 bits per heavy atom. The van der Waals surface area contributed by atoms with Gasteiger partial charge in [0.05, 0.1) is 41.5 Å². The zero-order valence-electron chi connectivity index (χ0n) is 19.8. The second-order valence-electron chi connectivity index (χ2n) is 8.50. The number of benzene rings is 2. The van der Waals surface area contributed by atoms with Crippen molar-refractivity contribution < 1.29 is 40.7 Å². The van der Waals surface area contributed by atoms with Crippen molar-refractivity contribution in [1.29, 1.82) is 0 Å². The molecule has 0 heterocycles. The highest BCUT2D eigenvalue weighted by molar-refractivity contribution is 6.33. The van der Waals surface area contributed by atoms with Crippen molar-refractivity contribution >= 4 is 29.2 Å². The fourth-order valence-corrected chi connectivity index (χ4v) is 3.82. The molecule has 3 atom stereocenters. The standard InChI is InChI=1S/C25H26ClF6NO3/c1-4-36-23(35)14(2)11-17-7-10-19(26)20(12-17)33-22(34)21(15(3)25(30,31)32)18-8-5-16(6-9-18)13-24(27,28)29/h5-10,12,14-15,21H,4,11,13H2,1-3H3,(H,33,34)/t14-,15?,21?/m0/s1. The van der Waals surface area contributed by atoms with Crippen LogP contribution in [0.3, 0.4) is 0 Å². The van der Waals surface area contributed by atoms with Crippen LogP contribution in [-0.4, -0.2) is 30.8 Å². The van der Waals surface area contributed by atoms with E-state index >= 15 is 0 Å². The number of amides is 1. The van der Waals surface area contributed by atoms with E-state index in [4.69, 9.17) is 16.3 Å². The lowest BCUT2D eigenvalue weighted by Crippen LogP contribution is -2.34. The van der Waals surface area contributed by atoms with Crippen molar-refractivity contribution in [1.82, 2.24) is 0 Å². The Bertz CT molecular complexity index is 1050. The van der Waals surface area contributed by atoms with Crippen LogP contribution < -0.4 is 5.32 Å². The first-order chi connectivity index (χ1) is 16.6. The second kappa shape index (κ2) is 12.0. The Kier molecular flexibility index (Phi) is 9.82. The van der Waals surface area contributed by atoms with Crippen molar-refractivity contribution in [3.63, 3.8) is 0 Å². The molecule has 0 aliphatic rings. The molecule has 2 unspecified atom stereocenters. The number of nitrogens with one attached hydrogen (secondary N) is 1. The first-order valence-electron chi connectivity index (χ1n) is 11.1. The van der Waals surface area contributed by atoms with Crippen LogP contribution in [-0.2, 0) is 27.2 Å². The third kappa shape index (κ3) is 8.43. The van der Waals surface area contributed by atoms with Gasteiger partial charge >= 0.3 is 18.3 Å². The molecule has 36 heavy (non-hydrogen) atoms.